The van der Waals surface area contributed by atoms with Crippen LogP contribution in [0.2, 0.25) is 0 Å². The molecular weight excluding hydrogens is 266 g/mol. The van der Waals surface area contributed by atoms with Crippen LogP contribution in [0.25, 0.3) is 0 Å². The molecule has 1 aliphatic rings. The van der Waals surface area contributed by atoms with Gasteiger partial charge in [0, 0.05) is 6.21 Å². The lowest BCUT2D eigenvalue weighted by atomic mass is 9.72. The van der Waals surface area contributed by atoms with Crippen LogP contribution in [0.1, 0.15) is 60.8 Å². The molecule has 1 heteroatoms. The molecule has 1 nitrogen and oxygen atoms in total. The van der Waals surface area contributed by atoms with Gasteiger partial charge in [0.15, 0.2) is 0 Å². The highest BCUT2D eigenvalue weighted by molar-refractivity contribution is 5.69. The Morgan fingerprint density at radius 2 is 1.68 bits per heavy atom. The van der Waals surface area contributed by atoms with Crippen molar-refractivity contribution in [3.63, 3.8) is 0 Å². The van der Waals surface area contributed by atoms with Crippen LogP contribution in [0.3, 0.4) is 0 Å². The maximum atomic E-state index is 7.08. The molecular formula is C21H31N. The third kappa shape index (κ3) is 5.29. The molecule has 0 bridgehead atoms. The molecule has 0 saturated heterocycles. The van der Waals surface area contributed by atoms with Crippen molar-refractivity contribution in [2.75, 3.05) is 0 Å². The molecule has 1 N–H and O–H groups in total. The fraction of sp³-hybridized carbons (Fsp3) is 0.476. The normalized spacial score (nSPS) is 20.7. The molecule has 0 amide bonds. The van der Waals surface area contributed by atoms with E-state index in [1.807, 2.05) is 6.92 Å². The summed E-state index contributed by atoms with van der Waals surface area (Å²) in [4.78, 5) is 0. The third-order valence-electron chi connectivity index (χ3n) is 4.61. The summed E-state index contributed by atoms with van der Waals surface area (Å²) in [5, 5.41) is 7.08. The van der Waals surface area contributed by atoms with Gasteiger partial charge in [0.05, 0.1) is 0 Å². The number of rotatable bonds is 5. The highest BCUT2D eigenvalue weighted by Gasteiger charge is 2.26. The molecule has 1 aliphatic carbocycles. The third-order valence-corrected chi connectivity index (χ3v) is 4.61. The molecule has 0 saturated carbocycles. The van der Waals surface area contributed by atoms with Crippen molar-refractivity contribution in [3.8, 4) is 0 Å². The molecule has 1 rings (SSSR count). The summed E-state index contributed by atoms with van der Waals surface area (Å²) in [7, 11) is 0. The Kier molecular flexibility index (Phi) is 6.80. The van der Waals surface area contributed by atoms with Crippen LogP contribution < -0.4 is 0 Å². The molecule has 0 spiro atoms. The van der Waals surface area contributed by atoms with Gasteiger partial charge in [0.2, 0.25) is 0 Å². The molecule has 0 heterocycles. The smallest absolute Gasteiger partial charge is 0.0180 e. The largest absolute Gasteiger partial charge is 0.309 e. The van der Waals surface area contributed by atoms with Gasteiger partial charge in [-0.05, 0) is 80.7 Å². The number of allylic oxidation sites excluding steroid dienone is 10. The van der Waals surface area contributed by atoms with Crippen LogP contribution >= 0.6 is 0 Å². The van der Waals surface area contributed by atoms with Crippen molar-refractivity contribution in [2.24, 2.45) is 5.41 Å². The molecule has 0 aromatic heterocycles. The van der Waals surface area contributed by atoms with E-state index in [4.69, 9.17) is 5.41 Å². The molecule has 0 unspecified atom stereocenters. The minimum atomic E-state index is 0.298. The summed E-state index contributed by atoms with van der Waals surface area (Å²) in [6.07, 6.45) is 15.7. The fourth-order valence-corrected chi connectivity index (χ4v) is 2.93. The molecule has 0 aromatic rings. The first-order valence-electron chi connectivity index (χ1n) is 8.19. The van der Waals surface area contributed by atoms with E-state index < -0.39 is 0 Å². The monoisotopic (exact) mass is 297 g/mol. The van der Waals surface area contributed by atoms with Crippen molar-refractivity contribution in [2.45, 2.75) is 60.8 Å². The van der Waals surface area contributed by atoms with E-state index in [-0.39, 0.29) is 0 Å². The average molecular weight is 297 g/mol. The second-order valence-corrected chi connectivity index (χ2v) is 7.04. The van der Waals surface area contributed by atoms with E-state index in [9.17, 15) is 0 Å². The molecule has 0 aromatic carbocycles. The van der Waals surface area contributed by atoms with Crippen LogP contribution in [0.5, 0.6) is 0 Å². The molecule has 120 valence electrons. The summed E-state index contributed by atoms with van der Waals surface area (Å²) in [6.45, 7) is 13.3. The van der Waals surface area contributed by atoms with Gasteiger partial charge in [-0.1, -0.05) is 43.7 Å². The molecule has 0 radical (unpaired) electrons. The van der Waals surface area contributed by atoms with E-state index in [0.29, 0.717) is 5.41 Å². The number of hydrogen-bond acceptors (Lipinski definition) is 1. The zero-order valence-electron chi connectivity index (χ0n) is 15.1. The summed E-state index contributed by atoms with van der Waals surface area (Å²) >= 11 is 0. The fourth-order valence-electron chi connectivity index (χ4n) is 2.93. The van der Waals surface area contributed by atoms with Crippen LogP contribution in [0, 0.1) is 10.8 Å². The number of hydrogen-bond donors (Lipinski definition) is 1. The van der Waals surface area contributed by atoms with E-state index in [2.05, 4.69) is 58.9 Å². The molecule has 0 fully saturated rings. The van der Waals surface area contributed by atoms with E-state index in [1.165, 1.54) is 42.2 Å². The van der Waals surface area contributed by atoms with Crippen LogP contribution in [0.4, 0.5) is 0 Å². The standard InChI is InChI=1S/C21H31N/c1-16(13-15-22)9-10-17(2)18(3)11-12-20-19(4)8-7-14-21(20,5)6/h9-13,15,22H,7-8,14H2,1-6H3/b10-9-,12-11+,16-13+,18-17+,22-15?. The average Bonchev–Trinajstić information content (AvgIpc) is 2.43. The lowest BCUT2D eigenvalue weighted by Gasteiger charge is -2.33. The van der Waals surface area contributed by atoms with Gasteiger partial charge in [-0.3, -0.25) is 0 Å². The summed E-state index contributed by atoms with van der Waals surface area (Å²) < 4.78 is 0. The van der Waals surface area contributed by atoms with Gasteiger partial charge in [-0.2, -0.15) is 0 Å². The zero-order chi connectivity index (χ0) is 16.8. The molecule has 0 aliphatic heterocycles. The maximum absolute atomic E-state index is 7.08. The highest BCUT2D eigenvalue weighted by atomic mass is 14.3. The quantitative estimate of drug-likeness (QED) is 0.439. The minimum Gasteiger partial charge on any atom is -0.309 e. The Bertz CT molecular complexity index is 563. The van der Waals surface area contributed by atoms with Gasteiger partial charge in [-0.25, -0.2) is 0 Å². The van der Waals surface area contributed by atoms with Crippen molar-refractivity contribution in [1.29, 1.82) is 5.41 Å². The molecule has 0 atom stereocenters. The Labute approximate surface area is 136 Å². The first-order chi connectivity index (χ1) is 10.3. The second kappa shape index (κ2) is 8.12. The Hall–Kier alpha value is -1.63. The van der Waals surface area contributed by atoms with Crippen LogP contribution in [0.15, 0.2) is 58.2 Å². The summed E-state index contributed by atoms with van der Waals surface area (Å²) in [5.41, 5.74) is 7.00. The minimum absolute atomic E-state index is 0.298. The van der Waals surface area contributed by atoms with Crippen molar-refractivity contribution in [1.82, 2.24) is 0 Å². The first kappa shape index (κ1) is 18.4. The maximum Gasteiger partial charge on any atom is 0.0180 e. The SMILES string of the molecule is CC1=C(/C=C/C(C)=C(C)/C=C\C(C)=C\C=N)C(C)(C)CCC1. The van der Waals surface area contributed by atoms with Crippen molar-refractivity contribution >= 4 is 6.21 Å². The predicted molar refractivity (Wildman–Crippen MR) is 99.5 cm³/mol. The van der Waals surface area contributed by atoms with Gasteiger partial charge in [0.25, 0.3) is 0 Å². The van der Waals surface area contributed by atoms with E-state index in [0.717, 1.165) is 5.57 Å². The Morgan fingerprint density at radius 1 is 1.05 bits per heavy atom. The topological polar surface area (TPSA) is 23.9 Å². The van der Waals surface area contributed by atoms with E-state index >= 15 is 0 Å². The van der Waals surface area contributed by atoms with Gasteiger partial charge < -0.3 is 5.41 Å². The molecule has 22 heavy (non-hydrogen) atoms. The Morgan fingerprint density at radius 3 is 2.27 bits per heavy atom. The Balaban J connectivity index is 2.94. The van der Waals surface area contributed by atoms with Gasteiger partial charge in [0.1, 0.15) is 0 Å². The predicted octanol–water partition coefficient (Wildman–Crippen LogP) is 6.56. The highest BCUT2D eigenvalue weighted by Crippen LogP contribution is 2.40. The van der Waals surface area contributed by atoms with Crippen molar-refractivity contribution < 1.29 is 0 Å². The lowest BCUT2D eigenvalue weighted by Crippen LogP contribution is -2.19. The van der Waals surface area contributed by atoms with Gasteiger partial charge >= 0.3 is 0 Å². The van der Waals surface area contributed by atoms with E-state index in [1.54, 1.807) is 11.6 Å². The van der Waals surface area contributed by atoms with Gasteiger partial charge in [-0.15, -0.1) is 0 Å². The van der Waals surface area contributed by atoms with Crippen LogP contribution in [-0.2, 0) is 0 Å². The number of nitrogens with one attached hydrogen (secondary N) is 1. The van der Waals surface area contributed by atoms with Crippen LogP contribution in [-0.4, -0.2) is 6.21 Å². The lowest BCUT2D eigenvalue weighted by molar-refractivity contribution is 0.377. The zero-order valence-corrected chi connectivity index (χ0v) is 15.1. The summed E-state index contributed by atoms with van der Waals surface area (Å²) in [6, 6.07) is 0. The summed E-state index contributed by atoms with van der Waals surface area (Å²) in [5.74, 6) is 0. The first-order valence-corrected chi connectivity index (χ1v) is 8.19. The second-order valence-electron chi connectivity index (χ2n) is 7.04. The van der Waals surface area contributed by atoms with Crippen molar-refractivity contribution in [3.05, 3.63) is 58.2 Å².